The van der Waals surface area contributed by atoms with Gasteiger partial charge >= 0.3 is 5.97 Å². The molecule has 0 bridgehead atoms. The highest BCUT2D eigenvalue weighted by molar-refractivity contribution is 5.99. The number of halogens is 1. The number of carbonyl (C=O) groups is 2. The quantitative estimate of drug-likeness (QED) is 0.742. The van der Waals surface area contributed by atoms with Crippen molar-refractivity contribution in [2.24, 2.45) is 5.41 Å². The lowest BCUT2D eigenvalue weighted by molar-refractivity contribution is -0.150. The van der Waals surface area contributed by atoms with Gasteiger partial charge in [-0.25, -0.2) is 4.39 Å². The van der Waals surface area contributed by atoms with E-state index in [9.17, 15) is 19.1 Å². The molecule has 1 amide bonds. The van der Waals surface area contributed by atoms with Crippen LogP contribution in [0.15, 0.2) is 18.2 Å². The minimum absolute atomic E-state index is 0.0337. The summed E-state index contributed by atoms with van der Waals surface area (Å²) in [5.74, 6) is -2.10. The molecule has 1 aliphatic carbocycles. The minimum Gasteiger partial charge on any atom is -0.481 e. The Balaban J connectivity index is 2.09. The summed E-state index contributed by atoms with van der Waals surface area (Å²) < 4.78 is 13.3. The number of carboxylic acid groups (broad SMARTS) is 1. The first-order valence-electron chi connectivity index (χ1n) is 7.02. The molecule has 0 saturated heterocycles. The maximum Gasteiger partial charge on any atom is 0.311 e. The van der Waals surface area contributed by atoms with Crippen molar-refractivity contribution < 1.29 is 19.1 Å². The Bertz CT molecular complexity index is 554. The fourth-order valence-corrected chi connectivity index (χ4v) is 2.77. The van der Waals surface area contributed by atoms with Crippen molar-refractivity contribution in [1.29, 1.82) is 0 Å². The topological polar surface area (TPSA) is 92.4 Å². The van der Waals surface area contributed by atoms with E-state index in [1.54, 1.807) is 0 Å². The van der Waals surface area contributed by atoms with Crippen LogP contribution in [0.1, 0.15) is 42.5 Å². The summed E-state index contributed by atoms with van der Waals surface area (Å²) in [6.45, 7) is 0.0388. The number of para-hydroxylation sites is 1. The largest absolute Gasteiger partial charge is 0.481 e. The predicted molar refractivity (Wildman–Crippen MR) is 76.3 cm³/mol. The molecule has 4 N–H and O–H groups in total. The maximum atomic E-state index is 13.3. The van der Waals surface area contributed by atoms with Gasteiger partial charge in [0.15, 0.2) is 0 Å². The number of carbonyl (C=O) groups excluding carboxylic acids is 1. The summed E-state index contributed by atoms with van der Waals surface area (Å²) in [6.07, 6.45) is 3.77. The highest BCUT2D eigenvalue weighted by Crippen LogP contribution is 2.36. The molecular formula is C15H19FN2O3. The molecule has 1 aromatic carbocycles. The molecule has 1 saturated carbocycles. The van der Waals surface area contributed by atoms with Crippen molar-refractivity contribution in [3.63, 3.8) is 0 Å². The van der Waals surface area contributed by atoms with E-state index in [2.05, 4.69) is 5.32 Å². The van der Waals surface area contributed by atoms with Crippen molar-refractivity contribution in [2.75, 3.05) is 12.3 Å². The van der Waals surface area contributed by atoms with Crippen LogP contribution in [0.2, 0.25) is 0 Å². The molecule has 5 nitrogen and oxygen atoms in total. The number of amides is 1. The van der Waals surface area contributed by atoms with Gasteiger partial charge in [-0.05, 0) is 25.0 Å². The van der Waals surface area contributed by atoms with Crippen LogP contribution in [0.25, 0.3) is 0 Å². The SMILES string of the molecule is Nc1c(F)cccc1C(=O)NCC1(C(=O)O)CCCCC1. The van der Waals surface area contributed by atoms with E-state index < -0.39 is 23.1 Å². The summed E-state index contributed by atoms with van der Waals surface area (Å²) >= 11 is 0. The number of aliphatic carboxylic acids is 1. The Hall–Kier alpha value is -2.11. The molecule has 0 aliphatic heterocycles. The van der Waals surface area contributed by atoms with Gasteiger partial charge < -0.3 is 16.2 Å². The van der Waals surface area contributed by atoms with Crippen LogP contribution in [-0.4, -0.2) is 23.5 Å². The molecule has 0 radical (unpaired) electrons. The number of anilines is 1. The average molecular weight is 294 g/mol. The van der Waals surface area contributed by atoms with Crippen LogP contribution < -0.4 is 11.1 Å². The molecule has 0 spiro atoms. The third-order valence-corrected chi connectivity index (χ3v) is 4.15. The standard InChI is InChI=1S/C15H19FN2O3/c16-11-6-4-5-10(12(11)17)13(19)18-9-15(14(20)21)7-2-1-3-8-15/h4-6H,1-3,7-9,17H2,(H,18,19)(H,20,21). The highest BCUT2D eigenvalue weighted by atomic mass is 19.1. The van der Waals surface area contributed by atoms with Crippen molar-refractivity contribution in [3.8, 4) is 0 Å². The highest BCUT2D eigenvalue weighted by Gasteiger charge is 2.39. The van der Waals surface area contributed by atoms with E-state index in [0.717, 1.165) is 19.3 Å². The summed E-state index contributed by atoms with van der Waals surface area (Å²) in [4.78, 5) is 23.6. The Labute approximate surface area is 122 Å². The maximum absolute atomic E-state index is 13.3. The normalized spacial score (nSPS) is 17.2. The van der Waals surface area contributed by atoms with Crippen molar-refractivity contribution in [3.05, 3.63) is 29.6 Å². The predicted octanol–water partition coefficient (Wildman–Crippen LogP) is 2.17. The lowest BCUT2D eigenvalue weighted by atomic mass is 9.74. The van der Waals surface area contributed by atoms with Crippen molar-refractivity contribution in [1.82, 2.24) is 5.32 Å². The van der Waals surface area contributed by atoms with E-state index in [-0.39, 0.29) is 17.8 Å². The third-order valence-electron chi connectivity index (χ3n) is 4.15. The number of nitrogens with two attached hydrogens (primary N) is 1. The fraction of sp³-hybridized carbons (Fsp3) is 0.467. The number of nitrogen functional groups attached to an aromatic ring is 1. The lowest BCUT2D eigenvalue weighted by Gasteiger charge is -2.33. The van der Waals surface area contributed by atoms with Gasteiger partial charge in [0.25, 0.3) is 5.91 Å². The average Bonchev–Trinajstić information content (AvgIpc) is 2.48. The summed E-state index contributed by atoms with van der Waals surface area (Å²) in [6, 6.07) is 3.99. The zero-order valence-electron chi connectivity index (χ0n) is 11.7. The Morgan fingerprint density at radius 2 is 1.95 bits per heavy atom. The summed E-state index contributed by atoms with van der Waals surface area (Å²) in [5.41, 5.74) is 4.43. The first kappa shape index (κ1) is 15.3. The number of hydrogen-bond acceptors (Lipinski definition) is 3. The number of benzene rings is 1. The third kappa shape index (κ3) is 3.15. The number of hydrogen-bond donors (Lipinski definition) is 3. The molecule has 6 heteroatoms. The van der Waals surface area contributed by atoms with Crippen LogP contribution in [-0.2, 0) is 4.79 Å². The van der Waals surface area contributed by atoms with E-state index in [1.165, 1.54) is 18.2 Å². The number of nitrogens with one attached hydrogen (secondary N) is 1. The van der Waals surface area contributed by atoms with Gasteiger partial charge in [-0.15, -0.1) is 0 Å². The molecule has 0 unspecified atom stereocenters. The summed E-state index contributed by atoms with van der Waals surface area (Å²) in [5, 5.41) is 12.0. The van der Waals surface area contributed by atoms with Gasteiger partial charge in [0.05, 0.1) is 16.7 Å². The van der Waals surface area contributed by atoms with E-state index in [1.807, 2.05) is 0 Å². The van der Waals surface area contributed by atoms with Gasteiger partial charge in [-0.3, -0.25) is 9.59 Å². The molecule has 1 aliphatic rings. The first-order chi connectivity index (χ1) is 9.96. The van der Waals surface area contributed by atoms with Gasteiger partial charge in [0.1, 0.15) is 5.82 Å². The van der Waals surface area contributed by atoms with Gasteiger partial charge in [-0.2, -0.15) is 0 Å². The molecule has 2 rings (SSSR count). The van der Waals surface area contributed by atoms with Crippen LogP contribution in [0, 0.1) is 11.2 Å². The summed E-state index contributed by atoms with van der Waals surface area (Å²) in [7, 11) is 0. The Morgan fingerprint density at radius 3 is 2.57 bits per heavy atom. The zero-order chi connectivity index (χ0) is 15.5. The van der Waals surface area contributed by atoms with Gasteiger partial charge in [0, 0.05) is 6.54 Å². The molecule has 0 heterocycles. The molecule has 114 valence electrons. The van der Waals surface area contributed by atoms with E-state index in [4.69, 9.17) is 5.73 Å². The Kier molecular flexibility index (Phi) is 4.45. The number of rotatable bonds is 4. The fourth-order valence-electron chi connectivity index (χ4n) is 2.77. The minimum atomic E-state index is -0.921. The molecule has 21 heavy (non-hydrogen) atoms. The van der Waals surface area contributed by atoms with Crippen LogP contribution in [0.3, 0.4) is 0 Å². The van der Waals surface area contributed by atoms with Gasteiger partial charge in [0.2, 0.25) is 0 Å². The van der Waals surface area contributed by atoms with Crippen LogP contribution >= 0.6 is 0 Å². The van der Waals surface area contributed by atoms with E-state index >= 15 is 0 Å². The van der Waals surface area contributed by atoms with Crippen molar-refractivity contribution >= 4 is 17.6 Å². The van der Waals surface area contributed by atoms with Crippen LogP contribution in [0.4, 0.5) is 10.1 Å². The molecular weight excluding hydrogens is 275 g/mol. The van der Waals surface area contributed by atoms with Crippen molar-refractivity contribution in [2.45, 2.75) is 32.1 Å². The Morgan fingerprint density at radius 1 is 1.29 bits per heavy atom. The zero-order valence-corrected chi connectivity index (χ0v) is 11.7. The number of carboxylic acids is 1. The molecule has 1 aromatic rings. The second-order valence-electron chi connectivity index (χ2n) is 5.53. The second kappa shape index (κ2) is 6.11. The van der Waals surface area contributed by atoms with Crippen LogP contribution in [0.5, 0.6) is 0 Å². The second-order valence-corrected chi connectivity index (χ2v) is 5.53. The van der Waals surface area contributed by atoms with Gasteiger partial charge in [-0.1, -0.05) is 25.3 Å². The lowest BCUT2D eigenvalue weighted by Crippen LogP contribution is -2.44. The molecule has 0 atom stereocenters. The monoisotopic (exact) mass is 294 g/mol. The molecule has 0 aromatic heterocycles. The van der Waals surface area contributed by atoms with E-state index in [0.29, 0.717) is 12.8 Å². The first-order valence-corrected chi connectivity index (χ1v) is 7.02. The smallest absolute Gasteiger partial charge is 0.311 e. The molecule has 1 fully saturated rings.